The van der Waals surface area contributed by atoms with Crippen molar-refractivity contribution >= 4 is 11.9 Å². The lowest BCUT2D eigenvalue weighted by molar-refractivity contribution is -0.340. The standard InChI is InChI=1S/C14H23NO12/c1-3(17)15-5-6(18)10(4(2-16)25-13(5)24)26-14-9(21)7(19)8(20)11(27-14)12(22)23/h4-11,13-14,16,18-21,24H,2H2,1H3,(H,15,17)(H,22,23)/t4-,5-,6-,7+,8+,9-,10-,11+,13+,14-/m1/s1. The van der Waals surface area contributed by atoms with Crippen LogP contribution in [0.15, 0.2) is 0 Å². The zero-order valence-electron chi connectivity index (χ0n) is 14.2. The molecular formula is C14H23NO12. The third kappa shape index (κ3) is 4.53. The minimum Gasteiger partial charge on any atom is -0.479 e. The van der Waals surface area contributed by atoms with Gasteiger partial charge in [0.05, 0.1) is 6.61 Å². The zero-order valence-corrected chi connectivity index (χ0v) is 14.2. The molecule has 8 N–H and O–H groups in total. The minimum atomic E-state index is -1.94. The van der Waals surface area contributed by atoms with Crippen LogP contribution < -0.4 is 5.32 Å². The molecule has 0 aromatic carbocycles. The highest BCUT2D eigenvalue weighted by atomic mass is 16.7. The van der Waals surface area contributed by atoms with Gasteiger partial charge in [0.1, 0.15) is 42.7 Å². The summed E-state index contributed by atoms with van der Waals surface area (Å²) in [5.41, 5.74) is 0. The van der Waals surface area contributed by atoms with Crippen LogP contribution in [0.2, 0.25) is 0 Å². The average molecular weight is 397 g/mol. The molecule has 13 heteroatoms. The van der Waals surface area contributed by atoms with E-state index in [1.807, 2.05) is 0 Å². The first kappa shape index (κ1) is 21.9. The van der Waals surface area contributed by atoms with Crippen LogP contribution in [0.25, 0.3) is 0 Å². The summed E-state index contributed by atoms with van der Waals surface area (Å²) in [6.45, 7) is 0.374. The number of ether oxygens (including phenoxy) is 3. The highest BCUT2D eigenvalue weighted by Crippen LogP contribution is 2.28. The molecule has 156 valence electrons. The van der Waals surface area contributed by atoms with E-state index in [0.29, 0.717) is 0 Å². The third-order valence-electron chi connectivity index (χ3n) is 4.35. The fourth-order valence-corrected chi connectivity index (χ4v) is 2.96. The molecule has 0 aromatic rings. The lowest BCUT2D eigenvalue weighted by Crippen LogP contribution is -2.67. The molecule has 2 aliphatic heterocycles. The Morgan fingerprint density at radius 2 is 1.63 bits per heavy atom. The predicted octanol–water partition coefficient (Wildman–Crippen LogP) is -5.16. The van der Waals surface area contributed by atoms with Crippen molar-refractivity contribution < 1.29 is 59.5 Å². The Kier molecular flexibility index (Phi) is 7.07. The number of carbonyl (C=O) groups excluding carboxylic acids is 1. The Bertz CT molecular complexity index is 546. The number of aliphatic hydroxyl groups excluding tert-OH is 6. The molecule has 0 aromatic heterocycles. The number of carboxylic acid groups (broad SMARTS) is 1. The van der Waals surface area contributed by atoms with E-state index in [9.17, 15) is 40.2 Å². The van der Waals surface area contributed by atoms with Crippen molar-refractivity contribution in [2.75, 3.05) is 6.61 Å². The van der Waals surface area contributed by atoms with E-state index >= 15 is 0 Å². The van der Waals surface area contributed by atoms with Crippen LogP contribution in [0.4, 0.5) is 0 Å². The molecule has 0 radical (unpaired) electrons. The van der Waals surface area contributed by atoms with Crippen LogP contribution in [-0.4, -0.2) is 116 Å². The zero-order chi connectivity index (χ0) is 20.5. The van der Waals surface area contributed by atoms with Gasteiger partial charge < -0.3 is 55.3 Å². The number of amides is 1. The van der Waals surface area contributed by atoms with Crippen LogP contribution >= 0.6 is 0 Å². The molecule has 1 amide bonds. The smallest absolute Gasteiger partial charge is 0.335 e. The molecule has 10 atom stereocenters. The predicted molar refractivity (Wildman–Crippen MR) is 80.8 cm³/mol. The molecule has 2 aliphatic rings. The summed E-state index contributed by atoms with van der Waals surface area (Å²) in [4.78, 5) is 22.4. The first-order valence-corrected chi connectivity index (χ1v) is 8.06. The lowest BCUT2D eigenvalue weighted by Gasteiger charge is -2.45. The second-order valence-electron chi connectivity index (χ2n) is 6.30. The number of nitrogens with one attached hydrogen (secondary N) is 1. The highest BCUT2D eigenvalue weighted by molar-refractivity contribution is 5.73. The van der Waals surface area contributed by atoms with E-state index in [2.05, 4.69) is 5.32 Å². The molecule has 0 saturated carbocycles. The molecule has 2 heterocycles. The minimum absolute atomic E-state index is 0.610. The van der Waals surface area contributed by atoms with Crippen LogP contribution in [-0.2, 0) is 23.8 Å². The van der Waals surface area contributed by atoms with E-state index in [1.165, 1.54) is 0 Å². The van der Waals surface area contributed by atoms with Gasteiger partial charge in [0, 0.05) is 6.92 Å². The molecule has 2 rings (SSSR count). The number of hydrogen-bond donors (Lipinski definition) is 8. The van der Waals surface area contributed by atoms with Gasteiger partial charge >= 0.3 is 5.97 Å². The van der Waals surface area contributed by atoms with E-state index in [0.717, 1.165) is 6.92 Å². The molecule has 0 spiro atoms. The Balaban J connectivity index is 2.20. The molecule has 27 heavy (non-hydrogen) atoms. The van der Waals surface area contributed by atoms with Crippen molar-refractivity contribution in [2.24, 2.45) is 0 Å². The molecule has 13 nitrogen and oxygen atoms in total. The van der Waals surface area contributed by atoms with Gasteiger partial charge in [0.25, 0.3) is 0 Å². The second-order valence-corrected chi connectivity index (χ2v) is 6.30. The van der Waals surface area contributed by atoms with Crippen molar-refractivity contribution in [3.63, 3.8) is 0 Å². The van der Waals surface area contributed by atoms with Gasteiger partial charge in [-0.3, -0.25) is 4.79 Å². The third-order valence-corrected chi connectivity index (χ3v) is 4.35. The summed E-state index contributed by atoms with van der Waals surface area (Å²) in [5, 5.41) is 70.4. The normalized spacial score (nSPS) is 45.3. The topological polar surface area (TPSA) is 215 Å². The number of carboxylic acids is 1. The van der Waals surface area contributed by atoms with Gasteiger partial charge in [-0.2, -0.15) is 0 Å². The van der Waals surface area contributed by atoms with E-state index in [-0.39, 0.29) is 0 Å². The molecule has 2 fully saturated rings. The van der Waals surface area contributed by atoms with Crippen molar-refractivity contribution in [3.05, 3.63) is 0 Å². The number of aliphatic carboxylic acids is 1. The maximum Gasteiger partial charge on any atom is 0.335 e. The monoisotopic (exact) mass is 397 g/mol. The van der Waals surface area contributed by atoms with Gasteiger partial charge in [-0.05, 0) is 0 Å². The molecular weight excluding hydrogens is 374 g/mol. The van der Waals surface area contributed by atoms with Crippen LogP contribution in [0.1, 0.15) is 6.92 Å². The van der Waals surface area contributed by atoms with Crippen LogP contribution in [0, 0.1) is 0 Å². The lowest BCUT2D eigenvalue weighted by atomic mass is 9.95. The van der Waals surface area contributed by atoms with Crippen LogP contribution in [0.5, 0.6) is 0 Å². The van der Waals surface area contributed by atoms with E-state index in [1.54, 1.807) is 0 Å². The molecule has 2 saturated heterocycles. The fraction of sp³-hybridized carbons (Fsp3) is 0.857. The summed E-state index contributed by atoms with van der Waals surface area (Å²) in [7, 11) is 0. The van der Waals surface area contributed by atoms with Gasteiger partial charge in [-0.1, -0.05) is 0 Å². The number of carbonyl (C=O) groups is 2. The second kappa shape index (κ2) is 8.72. The Morgan fingerprint density at radius 3 is 2.15 bits per heavy atom. The van der Waals surface area contributed by atoms with Crippen molar-refractivity contribution in [1.82, 2.24) is 5.32 Å². The van der Waals surface area contributed by atoms with Gasteiger partial charge in [0.15, 0.2) is 18.7 Å². The summed E-state index contributed by atoms with van der Waals surface area (Å²) >= 11 is 0. The molecule has 0 bridgehead atoms. The SMILES string of the molecule is CC(=O)N[C@@H]1[C@@H](O)[C@H](O[C@@H]2O[C@H](C(=O)O)[C@@H](O)[C@H](O)[C@H]2O)[C@@H](CO)O[C@@H]1O. The first-order chi connectivity index (χ1) is 12.6. The summed E-state index contributed by atoms with van der Waals surface area (Å²) in [6.07, 6.45) is -15.7. The number of aliphatic hydroxyl groups is 6. The van der Waals surface area contributed by atoms with Gasteiger partial charge in [-0.15, -0.1) is 0 Å². The number of hydrogen-bond acceptors (Lipinski definition) is 11. The Hall–Kier alpha value is -1.42. The Morgan fingerprint density at radius 1 is 1.00 bits per heavy atom. The van der Waals surface area contributed by atoms with Crippen molar-refractivity contribution in [2.45, 2.75) is 68.3 Å². The first-order valence-electron chi connectivity index (χ1n) is 8.06. The van der Waals surface area contributed by atoms with Gasteiger partial charge in [-0.25, -0.2) is 4.79 Å². The maximum atomic E-state index is 11.2. The summed E-state index contributed by atoms with van der Waals surface area (Å²) in [6, 6.07) is -1.36. The van der Waals surface area contributed by atoms with E-state index < -0.39 is 79.8 Å². The summed E-state index contributed by atoms with van der Waals surface area (Å²) in [5.74, 6) is -2.24. The quantitative estimate of drug-likeness (QED) is 0.218. The fourth-order valence-electron chi connectivity index (χ4n) is 2.96. The molecule has 0 unspecified atom stereocenters. The van der Waals surface area contributed by atoms with Crippen LogP contribution in [0.3, 0.4) is 0 Å². The van der Waals surface area contributed by atoms with Crippen molar-refractivity contribution in [3.8, 4) is 0 Å². The van der Waals surface area contributed by atoms with Gasteiger partial charge in [0.2, 0.25) is 5.91 Å². The van der Waals surface area contributed by atoms with Crippen molar-refractivity contribution in [1.29, 1.82) is 0 Å². The summed E-state index contributed by atoms with van der Waals surface area (Å²) < 4.78 is 15.3. The Labute approximate surface area is 152 Å². The largest absolute Gasteiger partial charge is 0.479 e. The van der Waals surface area contributed by atoms with E-state index in [4.69, 9.17) is 19.3 Å². The molecule has 0 aliphatic carbocycles. The highest BCUT2D eigenvalue weighted by Gasteiger charge is 2.52. The average Bonchev–Trinajstić information content (AvgIpc) is 2.60. The number of rotatable bonds is 5. The maximum absolute atomic E-state index is 11.2.